The molecule has 0 aliphatic rings. The number of benzene rings is 1. The summed E-state index contributed by atoms with van der Waals surface area (Å²) in [5.41, 5.74) is 1.65. The lowest BCUT2D eigenvalue weighted by atomic mass is 10.2. The third-order valence-electron chi connectivity index (χ3n) is 1.41. The smallest absolute Gasteiger partial charge is 0.0992 e. The van der Waals surface area contributed by atoms with Gasteiger partial charge in [0.1, 0.15) is 0 Å². The van der Waals surface area contributed by atoms with Crippen LogP contribution in [0.25, 0.3) is 0 Å². The van der Waals surface area contributed by atoms with Crippen molar-refractivity contribution in [3.05, 3.63) is 31.9 Å². The monoisotopic (exact) mass is 277 g/mol. The highest BCUT2D eigenvalue weighted by Gasteiger charge is 2.01. The lowest BCUT2D eigenvalue weighted by molar-refractivity contribution is 1.39. The number of rotatable bonds is 0. The Balaban J connectivity index is 3.35. The maximum Gasteiger partial charge on any atom is 0.0992 e. The first kappa shape index (κ1) is 8.82. The molecule has 0 aliphatic heterocycles. The Morgan fingerprint density at radius 2 is 2.18 bits per heavy atom. The minimum atomic E-state index is 0.616. The Labute approximate surface area is 84.1 Å². The summed E-state index contributed by atoms with van der Waals surface area (Å²) in [5.74, 6) is 0. The molecule has 1 aromatic rings. The molecular formula is C8H5ClIN. The van der Waals surface area contributed by atoms with Crippen LogP contribution in [0.1, 0.15) is 11.1 Å². The molecule has 0 radical (unpaired) electrons. The maximum atomic E-state index is 8.57. The molecule has 56 valence electrons. The van der Waals surface area contributed by atoms with Crippen LogP contribution in [-0.4, -0.2) is 0 Å². The molecule has 3 heteroatoms. The van der Waals surface area contributed by atoms with Gasteiger partial charge >= 0.3 is 0 Å². The highest BCUT2D eigenvalue weighted by Crippen LogP contribution is 2.22. The van der Waals surface area contributed by atoms with Gasteiger partial charge in [0.05, 0.1) is 11.6 Å². The third-order valence-corrected chi connectivity index (χ3v) is 2.92. The zero-order valence-corrected chi connectivity index (χ0v) is 8.77. The Kier molecular flexibility index (Phi) is 2.74. The summed E-state index contributed by atoms with van der Waals surface area (Å²) in [6, 6.07) is 5.55. The number of halogens is 2. The van der Waals surface area contributed by atoms with Crippen molar-refractivity contribution in [2.75, 3.05) is 0 Å². The molecule has 1 aromatic carbocycles. The van der Waals surface area contributed by atoms with E-state index < -0.39 is 0 Å². The Morgan fingerprint density at radius 1 is 1.55 bits per heavy atom. The van der Waals surface area contributed by atoms with Crippen LogP contribution in [0.5, 0.6) is 0 Å². The first-order valence-corrected chi connectivity index (χ1v) is 4.46. The summed E-state index contributed by atoms with van der Waals surface area (Å²) in [6.07, 6.45) is 0. The van der Waals surface area contributed by atoms with Crippen molar-refractivity contribution in [2.45, 2.75) is 6.92 Å². The quantitative estimate of drug-likeness (QED) is 0.668. The van der Waals surface area contributed by atoms with Crippen LogP contribution < -0.4 is 0 Å². The van der Waals surface area contributed by atoms with Crippen LogP contribution in [0.2, 0.25) is 5.02 Å². The zero-order valence-electron chi connectivity index (χ0n) is 5.86. The summed E-state index contributed by atoms with van der Waals surface area (Å²) in [4.78, 5) is 0. The van der Waals surface area contributed by atoms with Gasteiger partial charge in [0.15, 0.2) is 0 Å². The molecule has 0 saturated carbocycles. The first-order valence-electron chi connectivity index (χ1n) is 3.01. The topological polar surface area (TPSA) is 23.8 Å². The third kappa shape index (κ3) is 1.85. The molecule has 0 saturated heterocycles. The highest BCUT2D eigenvalue weighted by molar-refractivity contribution is 14.1. The van der Waals surface area contributed by atoms with Gasteiger partial charge in [-0.3, -0.25) is 0 Å². The number of hydrogen-bond acceptors (Lipinski definition) is 1. The van der Waals surface area contributed by atoms with E-state index in [1.54, 1.807) is 6.07 Å². The SMILES string of the molecule is Cc1c(Cl)cc(C#N)cc1I. The molecule has 0 aliphatic carbocycles. The zero-order chi connectivity index (χ0) is 8.43. The molecule has 0 amide bonds. The molecule has 0 N–H and O–H groups in total. The van der Waals surface area contributed by atoms with Gasteiger partial charge in [0, 0.05) is 8.59 Å². The molecule has 0 spiro atoms. The van der Waals surface area contributed by atoms with Gasteiger partial charge in [-0.15, -0.1) is 0 Å². The van der Waals surface area contributed by atoms with E-state index in [1.807, 2.05) is 19.1 Å². The molecule has 0 atom stereocenters. The van der Waals surface area contributed by atoms with Crippen molar-refractivity contribution < 1.29 is 0 Å². The fraction of sp³-hybridized carbons (Fsp3) is 0.125. The molecule has 0 unspecified atom stereocenters. The molecule has 0 bridgehead atoms. The fourth-order valence-corrected chi connectivity index (χ4v) is 1.71. The summed E-state index contributed by atoms with van der Waals surface area (Å²) in [5, 5.41) is 9.23. The lowest BCUT2D eigenvalue weighted by Gasteiger charge is -2.00. The van der Waals surface area contributed by atoms with Crippen molar-refractivity contribution in [1.29, 1.82) is 5.26 Å². The van der Waals surface area contributed by atoms with E-state index in [-0.39, 0.29) is 0 Å². The molecule has 0 fully saturated rings. The molecule has 1 rings (SSSR count). The molecule has 0 aromatic heterocycles. The van der Waals surface area contributed by atoms with Crippen LogP contribution in [0.15, 0.2) is 12.1 Å². The summed E-state index contributed by atoms with van der Waals surface area (Å²) >= 11 is 8.01. The second-order valence-corrected chi connectivity index (χ2v) is 3.75. The van der Waals surface area contributed by atoms with Crippen LogP contribution in [0, 0.1) is 21.8 Å². The second-order valence-electron chi connectivity index (χ2n) is 2.18. The van der Waals surface area contributed by atoms with Crippen molar-refractivity contribution >= 4 is 34.2 Å². The van der Waals surface area contributed by atoms with Gasteiger partial charge in [-0.05, 0) is 47.2 Å². The second kappa shape index (κ2) is 3.42. The van der Waals surface area contributed by atoms with E-state index >= 15 is 0 Å². The van der Waals surface area contributed by atoms with E-state index in [9.17, 15) is 0 Å². The maximum absolute atomic E-state index is 8.57. The van der Waals surface area contributed by atoms with E-state index in [2.05, 4.69) is 22.6 Å². The predicted molar refractivity (Wildman–Crippen MR) is 53.6 cm³/mol. The van der Waals surface area contributed by atoms with Gasteiger partial charge in [-0.2, -0.15) is 5.26 Å². The summed E-state index contributed by atoms with van der Waals surface area (Å²) < 4.78 is 1.03. The Bertz CT molecular complexity index is 304. The van der Waals surface area contributed by atoms with Crippen LogP contribution in [0.3, 0.4) is 0 Å². The van der Waals surface area contributed by atoms with Gasteiger partial charge in [0.2, 0.25) is 0 Å². The van der Waals surface area contributed by atoms with Crippen LogP contribution >= 0.6 is 34.2 Å². The first-order chi connectivity index (χ1) is 5.15. The minimum absolute atomic E-state index is 0.616. The van der Waals surface area contributed by atoms with Crippen molar-refractivity contribution in [3.8, 4) is 6.07 Å². The average molecular weight is 277 g/mol. The lowest BCUT2D eigenvalue weighted by Crippen LogP contribution is -1.84. The fourth-order valence-electron chi connectivity index (χ4n) is 0.710. The predicted octanol–water partition coefficient (Wildman–Crippen LogP) is 3.12. The van der Waals surface area contributed by atoms with Gasteiger partial charge in [-0.25, -0.2) is 0 Å². The Hall–Kier alpha value is -0.270. The average Bonchev–Trinajstić information content (AvgIpc) is 1.99. The normalized spacial score (nSPS) is 9.27. The van der Waals surface area contributed by atoms with E-state index in [0.717, 1.165) is 9.13 Å². The van der Waals surface area contributed by atoms with E-state index in [4.69, 9.17) is 16.9 Å². The van der Waals surface area contributed by atoms with Gasteiger partial charge in [0.25, 0.3) is 0 Å². The van der Waals surface area contributed by atoms with E-state index in [0.29, 0.717) is 10.6 Å². The minimum Gasteiger partial charge on any atom is -0.192 e. The van der Waals surface area contributed by atoms with Crippen molar-refractivity contribution in [1.82, 2.24) is 0 Å². The molecule has 11 heavy (non-hydrogen) atoms. The summed E-state index contributed by atoms with van der Waals surface area (Å²) in [7, 11) is 0. The standard InChI is InChI=1S/C8H5ClIN/c1-5-7(9)2-6(4-11)3-8(5)10/h2-3H,1H3. The van der Waals surface area contributed by atoms with Crippen LogP contribution in [0.4, 0.5) is 0 Å². The van der Waals surface area contributed by atoms with Crippen LogP contribution in [-0.2, 0) is 0 Å². The molecule has 1 nitrogen and oxygen atoms in total. The van der Waals surface area contributed by atoms with Crippen molar-refractivity contribution in [2.24, 2.45) is 0 Å². The molecule has 0 heterocycles. The van der Waals surface area contributed by atoms with Gasteiger partial charge < -0.3 is 0 Å². The van der Waals surface area contributed by atoms with Crippen molar-refractivity contribution in [3.63, 3.8) is 0 Å². The largest absolute Gasteiger partial charge is 0.192 e. The number of hydrogen-bond donors (Lipinski definition) is 0. The number of nitriles is 1. The van der Waals surface area contributed by atoms with E-state index in [1.165, 1.54) is 0 Å². The highest BCUT2D eigenvalue weighted by atomic mass is 127. The summed E-state index contributed by atoms with van der Waals surface area (Å²) in [6.45, 7) is 1.94. The number of nitrogens with zero attached hydrogens (tertiary/aromatic N) is 1. The molecular weight excluding hydrogens is 272 g/mol. The Morgan fingerprint density at radius 3 is 2.64 bits per heavy atom. The van der Waals surface area contributed by atoms with Gasteiger partial charge in [-0.1, -0.05) is 11.6 Å².